The highest BCUT2D eigenvalue weighted by Gasteiger charge is 2.50. The second-order valence-corrected chi connectivity index (χ2v) is 9.40. The van der Waals surface area contributed by atoms with Crippen molar-refractivity contribution in [3.63, 3.8) is 0 Å². The van der Waals surface area contributed by atoms with Crippen molar-refractivity contribution in [2.45, 2.75) is 39.3 Å². The van der Waals surface area contributed by atoms with Crippen molar-refractivity contribution >= 4 is 17.8 Å². The SMILES string of the molecule is CC1=C(N)CN(C(=O)c2cccc(CN3C(=N)NC(CC(C)C)(c4ccccc4)C3=O)c2)C1. The van der Waals surface area contributed by atoms with Gasteiger partial charge in [0.15, 0.2) is 5.96 Å². The molecule has 0 bridgehead atoms. The topological polar surface area (TPSA) is 103 Å². The third-order valence-electron chi connectivity index (χ3n) is 6.33. The van der Waals surface area contributed by atoms with E-state index in [1.807, 2.05) is 49.4 Å². The summed E-state index contributed by atoms with van der Waals surface area (Å²) in [4.78, 5) is 29.9. The molecule has 4 rings (SSSR count). The standard InChI is InChI=1S/C26H31N5O2/c1-17(2)13-26(21-10-5-4-6-11-21)24(33)31(25(28)29-26)15-19-8-7-9-20(12-19)23(32)30-14-18(3)22(27)16-30/h4-12,17H,13-16,27H2,1-3H3,(H2,28,29). The molecule has 0 radical (unpaired) electrons. The van der Waals surface area contributed by atoms with Crippen LogP contribution in [0.25, 0.3) is 0 Å². The van der Waals surface area contributed by atoms with Gasteiger partial charge in [0, 0.05) is 17.8 Å². The van der Waals surface area contributed by atoms with Crippen molar-refractivity contribution in [1.82, 2.24) is 15.1 Å². The van der Waals surface area contributed by atoms with Gasteiger partial charge in [-0.05, 0) is 48.1 Å². The van der Waals surface area contributed by atoms with Crippen LogP contribution in [0.1, 0.15) is 48.7 Å². The van der Waals surface area contributed by atoms with Crippen LogP contribution < -0.4 is 11.1 Å². The van der Waals surface area contributed by atoms with Gasteiger partial charge in [-0.25, -0.2) is 0 Å². The zero-order valence-corrected chi connectivity index (χ0v) is 19.4. The summed E-state index contributed by atoms with van der Waals surface area (Å²) in [5.41, 5.74) is 8.97. The Bertz CT molecular complexity index is 1110. The molecule has 2 aliphatic heterocycles. The van der Waals surface area contributed by atoms with Crippen molar-refractivity contribution in [2.75, 3.05) is 13.1 Å². The molecule has 2 heterocycles. The summed E-state index contributed by atoms with van der Waals surface area (Å²) in [6.07, 6.45) is 0.579. The first-order valence-electron chi connectivity index (χ1n) is 11.3. The number of guanidine groups is 1. The van der Waals surface area contributed by atoms with Crippen LogP contribution >= 0.6 is 0 Å². The maximum Gasteiger partial charge on any atom is 0.260 e. The van der Waals surface area contributed by atoms with E-state index in [-0.39, 0.29) is 30.2 Å². The second kappa shape index (κ2) is 8.73. The van der Waals surface area contributed by atoms with Gasteiger partial charge in [0.25, 0.3) is 11.8 Å². The van der Waals surface area contributed by atoms with Crippen LogP contribution in [0, 0.1) is 11.3 Å². The smallest absolute Gasteiger partial charge is 0.260 e. The molecular weight excluding hydrogens is 414 g/mol. The first kappa shape index (κ1) is 22.6. The average molecular weight is 446 g/mol. The van der Waals surface area contributed by atoms with Gasteiger partial charge in [-0.2, -0.15) is 0 Å². The lowest BCUT2D eigenvalue weighted by atomic mass is 9.82. The number of carbonyl (C=O) groups is 2. The predicted molar refractivity (Wildman–Crippen MR) is 128 cm³/mol. The molecular formula is C26H31N5O2. The summed E-state index contributed by atoms with van der Waals surface area (Å²) in [5.74, 6) is 0.0982. The van der Waals surface area contributed by atoms with E-state index in [4.69, 9.17) is 11.1 Å². The van der Waals surface area contributed by atoms with Gasteiger partial charge in [0.1, 0.15) is 5.54 Å². The van der Waals surface area contributed by atoms with E-state index in [0.29, 0.717) is 25.1 Å². The van der Waals surface area contributed by atoms with E-state index < -0.39 is 5.54 Å². The van der Waals surface area contributed by atoms with Gasteiger partial charge >= 0.3 is 0 Å². The average Bonchev–Trinajstić information content (AvgIpc) is 3.25. The largest absolute Gasteiger partial charge is 0.401 e. The van der Waals surface area contributed by atoms with Crippen molar-refractivity contribution in [2.24, 2.45) is 11.7 Å². The molecule has 4 N–H and O–H groups in total. The molecule has 7 heteroatoms. The predicted octanol–water partition coefficient (Wildman–Crippen LogP) is 3.18. The van der Waals surface area contributed by atoms with Crippen LogP contribution in [0.5, 0.6) is 0 Å². The molecule has 1 unspecified atom stereocenters. The monoisotopic (exact) mass is 445 g/mol. The number of hydrogen-bond donors (Lipinski definition) is 3. The normalized spacial score (nSPS) is 20.7. The number of rotatable bonds is 6. The van der Waals surface area contributed by atoms with Gasteiger partial charge in [0.2, 0.25) is 0 Å². The molecule has 0 aliphatic carbocycles. The van der Waals surface area contributed by atoms with Gasteiger partial charge in [-0.3, -0.25) is 19.9 Å². The van der Waals surface area contributed by atoms with E-state index in [2.05, 4.69) is 19.2 Å². The van der Waals surface area contributed by atoms with E-state index in [9.17, 15) is 9.59 Å². The third-order valence-corrected chi connectivity index (χ3v) is 6.33. The third kappa shape index (κ3) is 4.23. The van der Waals surface area contributed by atoms with Crippen LogP contribution in [-0.4, -0.2) is 40.7 Å². The highest BCUT2D eigenvalue weighted by atomic mass is 16.2. The van der Waals surface area contributed by atoms with E-state index >= 15 is 0 Å². The minimum Gasteiger partial charge on any atom is -0.401 e. The zero-order valence-electron chi connectivity index (χ0n) is 19.4. The van der Waals surface area contributed by atoms with Crippen molar-refractivity contribution in [3.8, 4) is 0 Å². The Balaban J connectivity index is 1.57. The van der Waals surface area contributed by atoms with Crippen LogP contribution in [0.15, 0.2) is 65.9 Å². The van der Waals surface area contributed by atoms with E-state index in [0.717, 1.165) is 22.4 Å². The summed E-state index contributed by atoms with van der Waals surface area (Å²) >= 11 is 0. The number of nitrogens with two attached hydrogens (primary N) is 1. The fraction of sp³-hybridized carbons (Fsp3) is 0.346. The highest BCUT2D eigenvalue weighted by molar-refractivity contribution is 6.08. The molecule has 2 amide bonds. The number of hydrogen-bond acceptors (Lipinski definition) is 4. The zero-order chi connectivity index (χ0) is 23.8. The fourth-order valence-corrected chi connectivity index (χ4v) is 4.69. The first-order valence-corrected chi connectivity index (χ1v) is 11.3. The molecule has 0 spiro atoms. The minimum absolute atomic E-state index is 0.0772. The van der Waals surface area contributed by atoms with Gasteiger partial charge in [-0.1, -0.05) is 56.3 Å². The number of carbonyl (C=O) groups excluding carboxylic acids is 2. The first-order chi connectivity index (χ1) is 15.7. The Kier molecular flexibility index (Phi) is 5.97. The second-order valence-electron chi connectivity index (χ2n) is 9.40. The molecule has 1 atom stereocenters. The van der Waals surface area contributed by atoms with Crippen molar-refractivity contribution < 1.29 is 9.59 Å². The summed E-state index contributed by atoms with van der Waals surface area (Å²) in [7, 11) is 0. The maximum atomic E-state index is 13.7. The fourth-order valence-electron chi connectivity index (χ4n) is 4.69. The Morgan fingerprint density at radius 1 is 1.15 bits per heavy atom. The molecule has 1 fully saturated rings. The molecule has 2 aliphatic rings. The van der Waals surface area contributed by atoms with Crippen LogP contribution in [-0.2, 0) is 16.9 Å². The van der Waals surface area contributed by atoms with Crippen LogP contribution in [0.2, 0.25) is 0 Å². The maximum absolute atomic E-state index is 13.7. The minimum atomic E-state index is -0.962. The molecule has 172 valence electrons. The Morgan fingerprint density at radius 3 is 2.52 bits per heavy atom. The van der Waals surface area contributed by atoms with E-state index in [1.54, 1.807) is 17.0 Å². The van der Waals surface area contributed by atoms with Crippen LogP contribution in [0.4, 0.5) is 0 Å². The highest BCUT2D eigenvalue weighted by Crippen LogP contribution is 2.35. The van der Waals surface area contributed by atoms with E-state index in [1.165, 1.54) is 4.90 Å². The van der Waals surface area contributed by atoms with Crippen molar-refractivity contribution in [3.05, 3.63) is 82.6 Å². The summed E-state index contributed by atoms with van der Waals surface area (Å²) in [6.45, 7) is 7.27. The number of nitrogens with zero attached hydrogens (tertiary/aromatic N) is 2. The molecule has 2 aromatic rings. The lowest BCUT2D eigenvalue weighted by molar-refractivity contribution is -0.132. The quantitative estimate of drug-likeness (QED) is 0.635. The summed E-state index contributed by atoms with van der Waals surface area (Å²) < 4.78 is 0. The summed E-state index contributed by atoms with van der Waals surface area (Å²) in [6, 6.07) is 16.9. The lowest BCUT2D eigenvalue weighted by Gasteiger charge is -2.29. The number of amides is 2. The molecule has 7 nitrogen and oxygen atoms in total. The Labute approximate surface area is 194 Å². The lowest BCUT2D eigenvalue weighted by Crippen LogP contribution is -2.45. The van der Waals surface area contributed by atoms with Crippen LogP contribution in [0.3, 0.4) is 0 Å². The molecule has 0 aromatic heterocycles. The van der Waals surface area contributed by atoms with Gasteiger partial charge in [0.05, 0.1) is 13.1 Å². The summed E-state index contributed by atoms with van der Waals surface area (Å²) in [5, 5.41) is 11.7. The van der Waals surface area contributed by atoms with Gasteiger partial charge < -0.3 is 16.0 Å². The van der Waals surface area contributed by atoms with Crippen molar-refractivity contribution in [1.29, 1.82) is 5.41 Å². The number of benzene rings is 2. The molecule has 2 aromatic carbocycles. The Hall–Kier alpha value is -3.61. The molecule has 0 saturated carbocycles. The Morgan fingerprint density at radius 2 is 1.88 bits per heavy atom. The number of nitrogens with one attached hydrogen (secondary N) is 2. The van der Waals surface area contributed by atoms with Gasteiger partial charge in [-0.15, -0.1) is 0 Å². The molecule has 1 saturated heterocycles. The molecule has 33 heavy (non-hydrogen) atoms.